The predicted molar refractivity (Wildman–Crippen MR) is 55.1 cm³/mol. The average Bonchev–Trinajstić information content (AvgIpc) is 2.75. The Kier molecular flexibility index (Phi) is 1.92. The Balaban J connectivity index is 2.02. The van der Waals surface area contributed by atoms with Crippen molar-refractivity contribution in [2.24, 2.45) is 0 Å². The lowest BCUT2D eigenvalue weighted by atomic mass is 10.2. The summed E-state index contributed by atoms with van der Waals surface area (Å²) >= 11 is 0. The second kappa shape index (κ2) is 3.41. The third-order valence-corrected chi connectivity index (χ3v) is 2.24. The molecule has 0 radical (unpaired) electrons. The highest BCUT2D eigenvalue weighted by atomic mass is 16.6. The molecule has 2 aromatic rings. The van der Waals surface area contributed by atoms with E-state index in [1.807, 2.05) is 12.1 Å². The number of rotatable bonds is 1. The van der Waals surface area contributed by atoms with Crippen molar-refractivity contribution in [3.05, 3.63) is 18.2 Å². The molecule has 1 aromatic heterocycles. The molecule has 1 aliphatic heterocycles. The van der Waals surface area contributed by atoms with Crippen LogP contribution in [0.5, 0.6) is 11.5 Å². The van der Waals surface area contributed by atoms with E-state index in [0.717, 1.165) is 11.3 Å². The normalized spacial score (nSPS) is 13.8. The van der Waals surface area contributed by atoms with Crippen LogP contribution in [-0.4, -0.2) is 23.4 Å². The van der Waals surface area contributed by atoms with Crippen molar-refractivity contribution in [1.29, 1.82) is 0 Å². The molecule has 0 spiro atoms. The molecule has 0 unspecified atom stereocenters. The van der Waals surface area contributed by atoms with Crippen molar-refractivity contribution in [3.8, 4) is 22.9 Å². The van der Waals surface area contributed by atoms with E-state index in [2.05, 4.69) is 10.1 Å². The zero-order chi connectivity index (χ0) is 11.0. The van der Waals surface area contributed by atoms with Crippen LogP contribution in [0.2, 0.25) is 0 Å². The minimum atomic E-state index is 0.0462. The highest BCUT2D eigenvalue weighted by Gasteiger charge is 2.14. The SMILES string of the molecule is Nc1nc(-c2ccc3c(c2)OCCO3)no1. The molecular weight excluding hydrogens is 210 g/mol. The molecule has 6 nitrogen and oxygen atoms in total. The number of nitrogens with two attached hydrogens (primary N) is 1. The number of hydrogen-bond donors (Lipinski definition) is 1. The van der Waals surface area contributed by atoms with Crippen LogP contribution < -0.4 is 15.2 Å². The number of ether oxygens (including phenoxy) is 2. The van der Waals surface area contributed by atoms with Crippen molar-refractivity contribution < 1.29 is 14.0 Å². The number of nitrogens with zero attached hydrogens (tertiary/aromatic N) is 2. The molecule has 1 aromatic carbocycles. The van der Waals surface area contributed by atoms with E-state index in [4.69, 9.17) is 19.7 Å². The van der Waals surface area contributed by atoms with Crippen LogP contribution in [0.4, 0.5) is 6.01 Å². The van der Waals surface area contributed by atoms with E-state index < -0.39 is 0 Å². The molecule has 0 aliphatic carbocycles. The number of nitrogen functional groups attached to an aromatic ring is 1. The maximum atomic E-state index is 5.45. The number of benzene rings is 1. The first-order chi connectivity index (χ1) is 7.83. The van der Waals surface area contributed by atoms with Crippen LogP contribution in [-0.2, 0) is 0 Å². The number of anilines is 1. The van der Waals surface area contributed by atoms with Crippen LogP contribution in [0.3, 0.4) is 0 Å². The van der Waals surface area contributed by atoms with Gasteiger partial charge in [-0.1, -0.05) is 5.16 Å². The summed E-state index contributed by atoms with van der Waals surface area (Å²) in [4.78, 5) is 3.93. The largest absolute Gasteiger partial charge is 0.486 e. The first-order valence-corrected chi connectivity index (χ1v) is 4.82. The van der Waals surface area contributed by atoms with Crippen molar-refractivity contribution in [2.75, 3.05) is 18.9 Å². The van der Waals surface area contributed by atoms with Gasteiger partial charge in [-0.25, -0.2) is 0 Å². The molecule has 1 aliphatic rings. The van der Waals surface area contributed by atoms with Crippen LogP contribution in [0, 0.1) is 0 Å². The molecule has 0 atom stereocenters. The van der Waals surface area contributed by atoms with Crippen molar-refractivity contribution in [1.82, 2.24) is 10.1 Å². The highest BCUT2D eigenvalue weighted by Crippen LogP contribution is 2.33. The van der Waals surface area contributed by atoms with Crippen molar-refractivity contribution >= 4 is 6.01 Å². The molecule has 16 heavy (non-hydrogen) atoms. The maximum absolute atomic E-state index is 5.45. The van der Waals surface area contributed by atoms with Crippen LogP contribution in [0.1, 0.15) is 0 Å². The molecule has 3 rings (SSSR count). The Morgan fingerprint density at radius 3 is 2.69 bits per heavy atom. The lowest BCUT2D eigenvalue weighted by Gasteiger charge is -2.18. The molecular formula is C10H9N3O3. The zero-order valence-electron chi connectivity index (χ0n) is 8.34. The maximum Gasteiger partial charge on any atom is 0.319 e. The van der Waals surface area contributed by atoms with Crippen molar-refractivity contribution in [3.63, 3.8) is 0 Å². The summed E-state index contributed by atoms with van der Waals surface area (Å²) in [7, 11) is 0. The number of fused-ring (bicyclic) bond motifs is 1. The summed E-state index contributed by atoms with van der Waals surface area (Å²) in [5, 5.41) is 3.73. The van der Waals surface area contributed by atoms with Crippen molar-refractivity contribution in [2.45, 2.75) is 0 Å². The van der Waals surface area contributed by atoms with E-state index in [0.29, 0.717) is 24.8 Å². The summed E-state index contributed by atoms with van der Waals surface area (Å²) in [6, 6.07) is 5.50. The average molecular weight is 219 g/mol. The van der Waals surface area contributed by atoms with Gasteiger partial charge in [0.25, 0.3) is 0 Å². The number of aromatic nitrogens is 2. The summed E-state index contributed by atoms with van der Waals surface area (Å²) < 4.78 is 15.6. The Morgan fingerprint density at radius 2 is 1.94 bits per heavy atom. The van der Waals surface area contributed by atoms with Gasteiger partial charge in [-0.2, -0.15) is 4.98 Å². The van der Waals surface area contributed by atoms with Gasteiger partial charge in [-0.3, -0.25) is 0 Å². The minimum Gasteiger partial charge on any atom is -0.486 e. The lowest BCUT2D eigenvalue weighted by molar-refractivity contribution is 0.171. The van der Waals surface area contributed by atoms with Gasteiger partial charge in [0.2, 0.25) is 5.82 Å². The molecule has 0 saturated heterocycles. The molecule has 0 bridgehead atoms. The second-order valence-corrected chi connectivity index (χ2v) is 3.31. The van der Waals surface area contributed by atoms with Crippen LogP contribution >= 0.6 is 0 Å². The third-order valence-electron chi connectivity index (χ3n) is 2.24. The van der Waals surface area contributed by atoms with E-state index in [1.165, 1.54) is 0 Å². The monoisotopic (exact) mass is 219 g/mol. The Morgan fingerprint density at radius 1 is 1.12 bits per heavy atom. The van der Waals surface area contributed by atoms with E-state index >= 15 is 0 Å². The van der Waals surface area contributed by atoms with E-state index in [-0.39, 0.29) is 6.01 Å². The van der Waals surface area contributed by atoms with Gasteiger partial charge in [-0.05, 0) is 18.2 Å². The Bertz CT molecular complexity index is 524. The fraction of sp³-hybridized carbons (Fsp3) is 0.200. The molecule has 2 N–H and O–H groups in total. The quantitative estimate of drug-likeness (QED) is 0.772. The molecule has 0 saturated carbocycles. The van der Waals surface area contributed by atoms with Gasteiger partial charge in [0.05, 0.1) is 0 Å². The predicted octanol–water partition coefficient (Wildman–Crippen LogP) is 1.09. The van der Waals surface area contributed by atoms with Crippen LogP contribution in [0.25, 0.3) is 11.4 Å². The first-order valence-electron chi connectivity index (χ1n) is 4.82. The van der Waals surface area contributed by atoms with Gasteiger partial charge < -0.3 is 19.7 Å². The smallest absolute Gasteiger partial charge is 0.319 e. The minimum absolute atomic E-state index is 0.0462. The van der Waals surface area contributed by atoms with Gasteiger partial charge in [0.1, 0.15) is 13.2 Å². The topological polar surface area (TPSA) is 83.4 Å². The Labute approximate surface area is 91.0 Å². The Hall–Kier alpha value is -2.24. The molecule has 0 amide bonds. The zero-order valence-corrected chi connectivity index (χ0v) is 8.34. The van der Waals surface area contributed by atoms with Gasteiger partial charge in [0.15, 0.2) is 11.5 Å². The first kappa shape index (κ1) is 9.02. The summed E-state index contributed by atoms with van der Waals surface area (Å²) in [6.07, 6.45) is 0. The van der Waals surface area contributed by atoms with E-state index in [1.54, 1.807) is 6.07 Å². The number of hydrogen-bond acceptors (Lipinski definition) is 6. The lowest BCUT2D eigenvalue weighted by Crippen LogP contribution is -2.15. The fourth-order valence-corrected chi connectivity index (χ4v) is 1.53. The molecule has 2 heterocycles. The summed E-state index contributed by atoms with van der Waals surface area (Å²) in [6.45, 7) is 1.12. The summed E-state index contributed by atoms with van der Waals surface area (Å²) in [5.74, 6) is 1.85. The van der Waals surface area contributed by atoms with Gasteiger partial charge in [0, 0.05) is 5.56 Å². The van der Waals surface area contributed by atoms with Gasteiger partial charge >= 0.3 is 6.01 Å². The molecule has 0 fully saturated rings. The van der Waals surface area contributed by atoms with Gasteiger partial charge in [-0.15, -0.1) is 0 Å². The standard InChI is InChI=1S/C10H9N3O3/c11-10-12-9(13-16-10)6-1-2-7-8(5-6)15-4-3-14-7/h1-2,5H,3-4H2,(H2,11,12,13). The van der Waals surface area contributed by atoms with Crippen LogP contribution in [0.15, 0.2) is 22.7 Å². The molecule has 6 heteroatoms. The highest BCUT2D eigenvalue weighted by molar-refractivity contribution is 5.61. The summed E-state index contributed by atoms with van der Waals surface area (Å²) in [5.41, 5.74) is 6.14. The fourth-order valence-electron chi connectivity index (χ4n) is 1.53. The van der Waals surface area contributed by atoms with E-state index in [9.17, 15) is 0 Å². The second-order valence-electron chi connectivity index (χ2n) is 3.31. The third kappa shape index (κ3) is 1.44. The molecule has 82 valence electrons.